The van der Waals surface area contributed by atoms with Crippen LogP contribution in [0, 0.1) is 10.1 Å². The lowest BCUT2D eigenvalue weighted by Crippen LogP contribution is -3.00. The lowest BCUT2D eigenvalue weighted by molar-refractivity contribution is -0.923. The van der Waals surface area contributed by atoms with E-state index in [2.05, 4.69) is 0 Å². The van der Waals surface area contributed by atoms with Crippen LogP contribution < -0.4 is 12.4 Å². The summed E-state index contributed by atoms with van der Waals surface area (Å²) in [4.78, 5) is 10.5. The van der Waals surface area contributed by atoms with Gasteiger partial charge in [0.15, 0.2) is 0 Å². The summed E-state index contributed by atoms with van der Waals surface area (Å²) in [6.07, 6.45) is 0. The minimum absolute atomic E-state index is 0. The molecule has 0 saturated carbocycles. The molecule has 0 saturated heterocycles. The summed E-state index contributed by atoms with van der Waals surface area (Å²) in [5, 5.41) is 29.0. The molecule has 0 heterocycles. The molecule has 0 aromatic heterocycles. The zero-order valence-corrected chi connectivity index (χ0v) is 11.6. The van der Waals surface area contributed by atoms with Gasteiger partial charge >= 0.3 is 0 Å². The molecule has 1 aromatic rings. The number of nitro benzene ring substituents is 1. The lowest BCUT2D eigenvalue weighted by atomic mass is 10.1. The van der Waals surface area contributed by atoms with Gasteiger partial charge in [0.05, 0.1) is 30.7 Å². The molecule has 0 atom stereocenters. The van der Waals surface area contributed by atoms with Crippen LogP contribution in [-0.2, 0) is 6.54 Å². The highest BCUT2D eigenvalue weighted by atomic mass is 35.5. The van der Waals surface area contributed by atoms with Crippen molar-refractivity contribution in [1.82, 2.24) is 0 Å². The first-order valence-corrected chi connectivity index (χ1v) is 5.80. The largest absolute Gasteiger partial charge is 1.00 e. The molecule has 0 amide bonds. The zero-order valence-electron chi connectivity index (χ0n) is 10.8. The third kappa shape index (κ3) is 5.12. The van der Waals surface area contributed by atoms with Gasteiger partial charge in [0, 0.05) is 6.07 Å². The van der Waals surface area contributed by atoms with Crippen molar-refractivity contribution in [2.75, 3.05) is 33.4 Å². The fourth-order valence-electron chi connectivity index (χ4n) is 1.99. The number of aliphatic hydroxyl groups excluding tert-OH is 2. The maximum atomic E-state index is 10.9. The van der Waals surface area contributed by atoms with Gasteiger partial charge in [0.2, 0.25) is 0 Å². The van der Waals surface area contributed by atoms with Gasteiger partial charge in [-0.1, -0.05) is 12.1 Å². The number of hydrogen-bond donors (Lipinski definition) is 2. The number of nitrogens with zero attached hydrogens (tertiary/aromatic N) is 2. The fraction of sp³-hybridized carbons (Fsp3) is 0.500. The highest BCUT2D eigenvalue weighted by Crippen LogP contribution is 2.21. The first-order chi connectivity index (χ1) is 8.52. The Hall–Kier alpha value is -1.21. The first-order valence-electron chi connectivity index (χ1n) is 5.80. The second kappa shape index (κ2) is 8.06. The molecule has 0 spiro atoms. The Morgan fingerprint density at radius 3 is 2.21 bits per heavy atom. The van der Waals surface area contributed by atoms with Crippen LogP contribution in [0.15, 0.2) is 24.3 Å². The molecule has 1 aromatic carbocycles. The summed E-state index contributed by atoms with van der Waals surface area (Å²) in [6.45, 7) is 1.28. The highest BCUT2D eigenvalue weighted by molar-refractivity contribution is 5.39. The Bertz CT molecular complexity index is 408. The van der Waals surface area contributed by atoms with Crippen molar-refractivity contribution >= 4 is 5.69 Å². The summed E-state index contributed by atoms with van der Waals surface area (Å²) in [6, 6.07) is 6.57. The third-order valence-electron chi connectivity index (χ3n) is 3.02. The van der Waals surface area contributed by atoms with E-state index < -0.39 is 4.92 Å². The van der Waals surface area contributed by atoms with Gasteiger partial charge in [0.1, 0.15) is 19.6 Å². The van der Waals surface area contributed by atoms with Crippen LogP contribution in [0.2, 0.25) is 0 Å². The van der Waals surface area contributed by atoms with Crippen LogP contribution in [0.4, 0.5) is 5.69 Å². The van der Waals surface area contributed by atoms with Crippen molar-refractivity contribution < 1.29 is 32.0 Å². The van der Waals surface area contributed by atoms with Crippen LogP contribution >= 0.6 is 0 Å². The van der Waals surface area contributed by atoms with Gasteiger partial charge in [-0.05, 0) is 6.07 Å². The minimum atomic E-state index is -0.405. The van der Waals surface area contributed by atoms with E-state index >= 15 is 0 Å². The Labute approximate surface area is 118 Å². The van der Waals surface area contributed by atoms with E-state index in [0.717, 1.165) is 0 Å². The molecule has 0 fully saturated rings. The van der Waals surface area contributed by atoms with Crippen LogP contribution in [-0.4, -0.2) is 53.0 Å². The maximum absolute atomic E-state index is 10.9. The lowest BCUT2D eigenvalue weighted by Gasteiger charge is -2.33. The molecule has 0 aliphatic heterocycles. The molecule has 7 heteroatoms. The quantitative estimate of drug-likeness (QED) is 0.331. The molecule has 6 nitrogen and oxygen atoms in total. The predicted molar refractivity (Wildman–Crippen MR) is 66.9 cm³/mol. The highest BCUT2D eigenvalue weighted by Gasteiger charge is 2.25. The van der Waals surface area contributed by atoms with Crippen molar-refractivity contribution in [2.24, 2.45) is 0 Å². The van der Waals surface area contributed by atoms with E-state index in [0.29, 0.717) is 29.7 Å². The number of quaternary nitrogens is 1. The standard InChI is InChI=1S/C12H19N2O4.ClH/c1-14(6-8-15,7-9-16)10-11-4-2-3-5-12(11)13(17)18;/h2-5,15-16H,6-10H2,1H3;1H/q+1;/p-1. The second-order valence-electron chi connectivity index (χ2n) is 4.56. The zero-order chi connectivity index (χ0) is 13.6. The van der Waals surface area contributed by atoms with Gasteiger partial charge < -0.3 is 27.1 Å². The average molecular weight is 291 g/mol. The van der Waals surface area contributed by atoms with Gasteiger partial charge in [-0.2, -0.15) is 0 Å². The number of nitro groups is 1. The summed E-state index contributed by atoms with van der Waals surface area (Å²) < 4.78 is 0.373. The Morgan fingerprint density at radius 2 is 1.74 bits per heavy atom. The van der Waals surface area contributed by atoms with Gasteiger partial charge in [-0.25, -0.2) is 0 Å². The number of likely N-dealkylation sites (N-methyl/N-ethyl adjacent to an activating group) is 1. The molecule has 0 aliphatic rings. The van der Waals surface area contributed by atoms with Crippen LogP contribution in [0.3, 0.4) is 0 Å². The molecule has 19 heavy (non-hydrogen) atoms. The smallest absolute Gasteiger partial charge is 0.278 e. The maximum Gasteiger partial charge on any atom is 0.278 e. The van der Waals surface area contributed by atoms with Crippen molar-refractivity contribution in [1.29, 1.82) is 0 Å². The van der Waals surface area contributed by atoms with E-state index in [1.54, 1.807) is 18.2 Å². The second-order valence-corrected chi connectivity index (χ2v) is 4.56. The van der Waals surface area contributed by atoms with Crippen LogP contribution in [0.5, 0.6) is 0 Å². The van der Waals surface area contributed by atoms with Crippen LogP contribution in [0.1, 0.15) is 5.56 Å². The summed E-state index contributed by atoms with van der Waals surface area (Å²) >= 11 is 0. The van der Waals surface area contributed by atoms with E-state index in [-0.39, 0.29) is 31.3 Å². The Morgan fingerprint density at radius 1 is 1.21 bits per heavy atom. The SMILES string of the molecule is C[N+](CCO)(CCO)Cc1ccccc1[N+](=O)[O-].[Cl-]. The van der Waals surface area contributed by atoms with E-state index in [1.165, 1.54) is 6.07 Å². The normalized spacial score (nSPS) is 10.9. The minimum Gasteiger partial charge on any atom is -1.00 e. The van der Waals surface area contributed by atoms with Gasteiger partial charge in [-0.3, -0.25) is 10.1 Å². The number of benzene rings is 1. The van der Waals surface area contributed by atoms with E-state index in [9.17, 15) is 10.1 Å². The molecule has 0 radical (unpaired) electrons. The Balaban J connectivity index is 0.00000324. The molecule has 108 valence electrons. The molecule has 0 bridgehead atoms. The molecule has 0 unspecified atom stereocenters. The predicted octanol–water partition coefficient (Wildman–Crippen LogP) is -2.47. The first kappa shape index (κ1) is 17.8. The van der Waals surface area contributed by atoms with Gasteiger partial charge in [-0.15, -0.1) is 0 Å². The van der Waals surface area contributed by atoms with Crippen molar-refractivity contribution in [3.05, 3.63) is 39.9 Å². The van der Waals surface area contributed by atoms with Crippen molar-refractivity contribution in [3.63, 3.8) is 0 Å². The summed E-state index contributed by atoms with van der Waals surface area (Å²) in [5.41, 5.74) is 0.699. The average Bonchev–Trinajstić information content (AvgIpc) is 2.29. The molecule has 0 aliphatic carbocycles. The number of aliphatic hydroxyl groups is 2. The number of para-hydroxylation sites is 1. The van der Waals surface area contributed by atoms with Crippen LogP contribution in [0.25, 0.3) is 0 Å². The number of halogens is 1. The Kier molecular flexibility index (Phi) is 7.55. The van der Waals surface area contributed by atoms with Gasteiger partial charge in [0.25, 0.3) is 5.69 Å². The summed E-state index contributed by atoms with van der Waals surface area (Å²) in [7, 11) is 1.86. The number of rotatable bonds is 7. The van der Waals surface area contributed by atoms with Crippen molar-refractivity contribution in [3.8, 4) is 0 Å². The van der Waals surface area contributed by atoms with Crippen molar-refractivity contribution in [2.45, 2.75) is 6.54 Å². The van der Waals surface area contributed by atoms with E-state index in [4.69, 9.17) is 10.2 Å². The topological polar surface area (TPSA) is 83.6 Å². The fourth-order valence-corrected chi connectivity index (χ4v) is 1.99. The number of hydrogen-bond acceptors (Lipinski definition) is 4. The monoisotopic (exact) mass is 290 g/mol. The molecule has 2 N–H and O–H groups in total. The summed E-state index contributed by atoms with van der Waals surface area (Å²) in [5.74, 6) is 0. The third-order valence-corrected chi connectivity index (χ3v) is 3.02. The van der Waals surface area contributed by atoms with E-state index in [1.807, 2.05) is 7.05 Å². The molecular weight excluding hydrogens is 272 g/mol. The molecule has 1 rings (SSSR count). The molecular formula is C12H19ClN2O4.